The summed E-state index contributed by atoms with van der Waals surface area (Å²) in [5, 5.41) is 12.0. The van der Waals surface area contributed by atoms with Crippen molar-refractivity contribution in [2.45, 2.75) is 0 Å². The zero-order chi connectivity index (χ0) is 16.2. The second kappa shape index (κ2) is 6.27. The quantitative estimate of drug-likeness (QED) is 0.532. The summed E-state index contributed by atoms with van der Waals surface area (Å²) in [6, 6.07) is 16.1. The molecule has 0 radical (unpaired) electrons. The van der Waals surface area contributed by atoms with Crippen molar-refractivity contribution in [1.82, 2.24) is 4.98 Å². The fourth-order valence-electron chi connectivity index (χ4n) is 2.36. The number of para-hydroxylation sites is 2. The van der Waals surface area contributed by atoms with Gasteiger partial charge in [-0.05, 0) is 30.4 Å². The molecule has 0 atom stereocenters. The van der Waals surface area contributed by atoms with E-state index in [0.29, 0.717) is 17.0 Å². The third-order valence-corrected chi connectivity index (χ3v) is 3.49. The van der Waals surface area contributed by atoms with Gasteiger partial charge in [0.05, 0.1) is 23.3 Å². The number of aromatic nitrogens is 1. The molecule has 114 valence electrons. The van der Waals surface area contributed by atoms with Gasteiger partial charge >= 0.3 is 0 Å². The van der Waals surface area contributed by atoms with Crippen molar-refractivity contribution in [2.24, 2.45) is 0 Å². The molecule has 1 heterocycles. The largest absolute Gasteiger partial charge is 0.494 e. The molecule has 0 spiro atoms. The number of benzene rings is 2. The van der Waals surface area contributed by atoms with Gasteiger partial charge in [0.15, 0.2) is 0 Å². The first-order valence-corrected chi connectivity index (χ1v) is 7.04. The average molecular weight is 306 g/mol. The van der Waals surface area contributed by atoms with Gasteiger partial charge in [-0.2, -0.15) is 0 Å². The van der Waals surface area contributed by atoms with Crippen LogP contribution in [0.1, 0.15) is 11.3 Å². The zero-order valence-electron chi connectivity index (χ0n) is 12.5. The lowest BCUT2D eigenvalue weighted by molar-refractivity contribution is -0.385. The highest BCUT2D eigenvalue weighted by Gasteiger charge is 2.09. The van der Waals surface area contributed by atoms with E-state index in [1.807, 2.05) is 30.3 Å². The van der Waals surface area contributed by atoms with E-state index in [2.05, 4.69) is 4.98 Å². The molecule has 0 N–H and O–H groups in total. The Bertz CT molecular complexity index is 904. The zero-order valence-corrected chi connectivity index (χ0v) is 12.5. The van der Waals surface area contributed by atoms with Crippen LogP contribution in [0.15, 0.2) is 54.6 Å². The molecule has 3 rings (SSSR count). The predicted molar refractivity (Wildman–Crippen MR) is 90.3 cm³/mol. The van der Waals surface area contributed by atoms with E-state index in [4.69, 9.17) is 4.74 Å². The molecule has 0 bridgehead atoms. The first-order chi connectivity index (χ1) is 11.2. The molecule has 5 nitrogen and oxygen atoms in total. The number of ether oxygens (including phenoxy) is 1. The molecule has 0 saturated carbocycles. The van der Waals surface area contributed by atoms with E-state index in [0.717, 1.165) is 10.9 Å². The van der Waals surface area contributed by atoms with Crippen LogP contribution in [-0.4, -0.2) is 17.0 Å². The number of nitro groups is 1. The number of rotatable bonds is 4. The summed E-state index contributed by atoms with van der Waals surface area (Å²) in [6.45, 7) is 0. The minimum atomic E-state index is -0.392. The third-order valence-electron chi connectivity index (χ3n) is 3.49. The summed E-state index contributed by atoms with van der Waals surface area (Å²) >= 11 is 0. The van der Waals surface area contributed by atoms with Crippen molar-refractivity contribution in [3.8, 4) is 5.75 Å². The Morgan fingerprint density at radius 2 is 1.87 bits per heavy atom. The van der Waals surface area contributed by atoms with Crippen LogP contribution >= 0.6 is 0 Å². The summed E-state index contributed by atoms with van der Waals surface area (Å²) < 4.78 is 5.32. The van der Waals surface area contributed by atoms with Crippen molar-refractivity contribution in [1.29, 1.82) is 0 Å². The molecule has 0 aliphatic rings. The topological polar surface area (TPSA) is 65.3 Å². The Kier molecular flexibility index (Phi) is 4.01. The van der Waals surface area contributed by atoms with Crippen LogP contribution in [0.3, 0.4) is 0 Å². The molecule has 0 aliphatic carbocycles. The van der Waals surface area contributed by atoms with E-state index in [9.17, 15) is 10.1 Å². The van der Waals surface area contributed by atoms with Crippen LogP contribution in [-0.2, 0) is 0 Å². The minimum absolute atomic E-state index is 0.0714. The molecule has 1 aromatic heterocycles. The normalized spacial score (nSPS) is 11.0. The molecule has 0 amide bonds. The van der Waals surface area contributed by atoms with Crippen molar-refractivity contribution >= 4 is 28.7 Å². The van der Waals surface area contributed by atoms with Gasteiger partial charge < -0.3 is 4.74 Å². The van der Waals surface area contributed by atoms with Crippen LogP contribution in [0.4, 0.5) is 5.69 Å². The van der Waals surface area contributed by atoms with Gasteiger partial charge in [-0.1, -0.05) is 30.3 Å². The number of pyridine rings is 1. The highest BCUT2D eigenvalue weighted by molar-refractivity contribution is 5.86. The van der Waals surface area contributed by atoms with E-state index >= 15 is 0 Å². The number of hydrogen-bond donors (Lipinski definition) is 0. The number of hydrogen-bond acceptors (Lipinski definition) is 4. The van der Waals surface area contributed by atoms with Crippen molar-refractivity contribution < 1.29 is 9.66 Å². The lowest BCUT2D eigenvalue weighted by Crippen LogP contribution is -1.91. The van der Waals surface area contributed by atoms with Crippen LogP contribution in [0, 0.1) is 10.1 Å². The molecule has 3 aromatic rings. The molecule has 23 heavy (non-hydrogen) atoms. The molecule has 0 aliphatic heterocycles. The van der Waals surface area contributed by atoms with E-state index in [1.54, 1.807) is 37.5 Å². The molecule has 2 aromatic carbocycles. The van der Waals surface area contributed by atoms with Gasteiger partial charge in [-0.3, -0.25) is 10.1 Å². The van der Waals surface area contributed by atoms with Gasteiger partial charge in [0.2, 0.25) is 0 Å². The Hall–Kier alpha value is -3.21. The molecule has 0 unspecified atom stereocenters. The maximum Gasteiger partial charge on any atom is 0.276 e. The molecule has 5 heteroatoms. The minimum Gasteiger partial charge on any atom is -0.494 e. The highest BCUT2D eigenvalue weighted by Crippen LogP contribution is 2.25. The fourth-order valence-corrected chi connectivity index (χ4v) is 2.36. The van der Waals surface area contributed by atoms with Crippen molar-refractivity contribution in [2.75, 3.05) is 7.11 Å². The van der Waals surface area contributed by atoms with E-state index in [-0.39, 0.29) is 5.69 Å². The summed E-state index contributed by atoms with van der Waals surface area (Å²) in [5.41, 5.74) is 2.08. The second-order valence-electron chi connectivity index (χ2n) is 4.92. The van der Waals surface area contributed by atoms with Crippen LogP contribution in [0.5, 0.6) is 5.75 Å². The highest BCUT2D eigenvalue weighted by atomic mass is 16.6. The predicted octanol–water partition coefficient (Wildman–Crippen LogP) is 4.32. The first-order valence-electron chi connectivity index (χ1n) is 7.04. The first kappa shape index (κ1) is 14.7. The molecule has 0 fully saturated rings. The number of methoxy groups -OCH3 is 1. The summed E-state index contributed by atoms with van der Waals surface area (Å²) in [5.74, 6) is 0.698. The number of nitro benzene ring substituents is 1. The summed E-state index contributed by atoms with van der Waals surface area (Å²) in [7, 11) is 1.60. The Balaban J connectivity index is 2.00. The Morgan fingerprint density at radius 1 is 1.04 bits per heavy atom. The molecular formula is C18H14N2O3. The van der Waals surface area contributed by atoms with Crippen LogP contribution < -0.4 is 4.74 Å². The molecule has 0 saturated heterocycles. The standard InChI is InChI=1S/C18H14N2O3/c1-23-17-8-4-6-14-10-12-15(19-18(14)17)11-9-13-5-2-3-7-16(13)20(21)22/h2-12H,1H3. The van der Waals surface area contributed by atoms with Crippen LogP contribution in [0.2, 0.25) is 0 Å². The molecular weight excluding hydrogens is 292 g/mol. The maximum atomic E-state index is 11.0. The van der Waals surface area contributed by atoms with Crippen LogP contribution in [0.25, 0.3) is 23.1 Å². The van der Waals surface area contributed by atoms with E-state index < -0.39 is 4.92 Å². The monoisotopic (exact) mass is 306 g/mol. The summed E-state index contributed by atoms with van der Waals surface area (Å²) in [4.78, 5) is 15.2. The average Bonchev–Trinajstić information content (AvgIpc) is 2.59. The number of fused-ring (bicyclic) bond motifs is 1. The Labute approximate surface area is 133 Å². The fraction of sp³-hybridized carbons (Fsp3) is 0.0556. The van der Waals surface area contributed by atoms with Gasteiger partial charge in [-0.25, -0.2) is 4.98 Å². The number of nitrogens with zero attached hydrogens (tertiary/aromatic N) is 2. The maximum absolute atomic E-state index is 11.0. The Morgan fingerprint density at radius 3 is 2.65 bits per heavy atom. The summed E-state index contributed by atoms with van der Waals surface area (Å²) in [6.07, 6.45) is 3.45. The van der Waals surface area contributed by atoms with Gasteiger partial charge in [0.25, 0.3) is 5.69 Å². The van der Waals surface area contributed by atoms with E-state index in [1.165, 1.54) is 6.07 Å². The van der Waals surface area contributed by atoms with Gasteiger partial charge in [0, 0.05) is 11.5 Å². The SMILES string of the molecule is COc1cccc2ccc(C=Cc3ccccc3[N+](=O)[O-])nc12. The smallest absolute Gasteiger partial charge is 0.276 e. The van der Waals surface area contributed by atoms with Gasteiger partial charge in [-0.15, -0.1) is 0 Å². The lowest BCUT2D eigenvalue weighted by Gasteiger charge is -2.05. The second-order valence-corrected chi connectivity index (χ2v) is 4.92. The van der Waals surface area contributed by atoms with Crippen molar-refractivity contribution in [3.05, 3.63) is 76.0 Å². The third kappa shape index (κ3) is 3.03. The van der Waals surface area contributed by atoms with Gasteiger partial charge in [0.1, 0.15) is 11.3 Å². The van der Waals surface area contributed by atoms with Crippen molar-refractivity contribution in [3.63, 3.8) is 0 Å². The lowest BCUT2D eigenvalue weighted by atomic mass is 10.1.